The maximum Gasteiger partial charge on any atom is 0.0123 e. The Balaban J connectivity index is 1.92. The minimum Gasteiger partial charge on any atom is -0.309 e. The first kappa shape index (κ1) is 13.1. The number of hydrogen-bond acceptors (Lipinski definition) is 1. The van der Waals surface area contributed by atoms with E-state index in [-0.39, 0.29) is 0 Å². The average molecular weight is 235 g/mol. The smallest absolute Gasteiger partial charge is 0.0123 e. The molecule has 1 atom stereocenters. The highest BCUT2D eigenvalue weighted by Gasteiger charge is 2.25. The minimum absolute atomic E-state index is 0.661. The van der Waals surface area contributed by atoms with Gasteiger partial charge in [0.15, 0.2) is 0 Å². The van der Waals surface area contributed by atoms with Gasteiger partial charge in [0.25, 0.3) is 0 Å². The predicted octanol–water partition coefficient (Wildman–Crippen LogP) is 5.34. The molecule has 0 amide bonds. The monoisotopic (exact) mass is 235 g/mol. The van der Waals surface area contributed by atoms with Crippen LogP contribution in [0.3, 0.4) is 0 Å². The van der Waals surface area contributed by atoms with Gasteiger partial charge in [-0.15, -0.1) is 0 Å². The van der Waals surface area contributed by atoms with Crippen LogP contribution in [0.2, 0.25) is 0 Å². The van der Waals surface area contributed by atoms with Gasteiger partial charge in [0.1, 0.15) is 0 Å². The average Bonchev–Trinajstić information content (AvgIpc) is 2.26. The van der Waals surface area contributed by atoms with Gasteiger partial charge in [-0.2, -0.15) is 0 Å². The molecule has 0 heterocycles. The van der Waals surface area contributed by atoms with Crippen LogP contribution in [-0.4, -0.2) is 5.71 Å². The molecule has 1 unspecified atom stereocenters. The van der Waals surface area contributed by atoms with Gasteiger partial charge in [-0.1, -0.05) is 51.4 Å². The predicted molar refractivity (Wildman–Crippen MR) is 74.7 cm³/mol. The van der Waals surface area contributed by atoms with E-state index in [1.807, 2.05) is 0 Å². The molecule has 0 saturated heterocycles. The Bertz CT molecular complexity index is 226. The second kappa shape index (κ2) is 7.18. The van der Waals surface area contributed by atoms with Crippen molar-refractivity contribution in [3.05, 3.63) is 0 Å². The van der Waals surface area contributed by atoms with Crippen LogP contribution < -0.4 is 0 Å². The third kappa shape index (κ3) is 4.12. The second-order valence-corrected chi connectivity index (χ2v) is 6.19. The summed E-state index contributed by atoms with van der Waals surface area (Å²) >= 11 is 0. The fourth-order valence-electron chi connectivity index (χ4n) is 3.80. The summed E-state index contributed by atoms with van der Waals surface area (Å²) < 4.78 is 0. The molecule has 1 N–H and O–H groups in total. The lowest BCUT2D eigenvalue weighted by Gasteiger charge is -2.30. The first-order chi connectivity index (χ1) is 8.38. The largest absolute Gasteiger partial charge is 0.309 e. The summed E-state index contributed by atoms with van der Waals surface area (Å²) in [7, 11) is 0. The molecule has 2 rings (SSSR count). The van der Waals surface area contributed by atoms with Gasteiger partial charge in [0, 0.05) is 5.71 Å². The van der Waals surface area contributed by atoms with Crippen molar-refractivity contribution in [1.82, 2.24) is 0 Å². The highest BCUT2D eigenvalue weighted by Crippen LogP contribution is 2.34. The Morgan fingerprint density at radius 3 is 1.88 bits per heavy atom. The molecule has 0 spiro atoms. The fraction of sp³-hybridized carbons (Fsp3) is 0.938. The molecule has 17 heavy (non-hydrogen) atoms. The van der Waals surface area contributed by atoms with Crippen molar-refractivity contribution >= 4 is 5.71 Å². The molecule has 2 fully saturated rings. The number of nitrogens with one attached hydrogen (secondary N) is 1. The first-order valence-corrected chi connectivity index (χ1v) is 7.95. The quantitative estimate of drug-likeness (QED) is 0.634. The van der Waals surface area contributed by atoms with Crippen LogP contribution in [0.15, 0.2) is 0 Å². The van der Waals surface area contributed by atoms with E-state index in [0.29, 0.717) is 5.92 Å². The zero-order valence-corrected chi connectivity index (χ0v) is 11.3. The molecule has 0 radical (unpaired) electrons. The van der Waals surface area contributed by atoms with Crippen molar-refractivity contribution in [2.45, 2.75) is 83.5 Å². The van der Waals surface area contributed by atoms with Gasteiger partial charge < -0.3 is 5.41 Å². The topological polar surface area (TPSA) is 23.9 Å². The van der Waals surface area contributed by atoms with Crippen molar-refractivity contribution in [3.63, 3.8) is 0 Å². The standard InChI is InChI=1S/C16H29N/c17-16-13-9-5-4-8-12-15(16)14-10-6-2-1-3-7-11-14/h14-15,17H,1-13H2. The third-order valence-electron chi connectivity index (χ3n) is 4.88. The van der Waals surface area contributed by atoms with Crippen LogP contribution >= 0.6 is 0 Å². The van der Waals surface area contributed by atoms with Gasteiger partial charge in [-0.25, -0.2) is 0 Å². The molecule has 0 aromatic carbocycles. The molecule has 1 heteroatoms. The van der Waals surface area contributed by atoms with Gasteiger partial charge in [0.05, 0.1) is 0 Å². The highest BCUT2D eigenvalue weighted by molar-refractivity contribution is 5.84. The zero-order valence-electron chi connectivity index (χ0n) is 11.3. The lowest BCUT2D eigenvalue weighted by molar-refractivity contribution is 0.294. The minimum atomic E-state index is 0.661. The van der Waals surface area contributed by atoms with Crippen molar-refractivity contribution < 1.29 is 0 Å². The maximum absolute atomic E-state index is 8.35. The van der Waals surface area contributed by atoms with Crippen LogP contribution in [-0.2, 0) is 0 Å². The number of rotatable bonds is 1. The lowest BCUT2D eigenvalue weighted by atomic mass is 9.75. The van der Waals surface area contributed by atoms with Gasteiger partial charge in [-0.3, -0.25) is 0 Å². The first-order valence-electron chi connectivity index (χ1n) is 7.95. The molecule has 0 aromatic heterocycles. The van der Waals surface area contributed by atoms with Crippen molar-refractivity contribution in [1.29, 1.82) is 5.41 Å². The van der Waals surface area contributed by atoms with Crippen LogP contribution in [0.1, 0.15) is 83.5 Å². The lowest BCUT2D eigenvalue weighted by Crippen LogP contribution is -2.25. The van der Waals surface area contributed by atoms with Gasteiger partial charge in [-0.05, 0) is 43.9 Å². The van der Waals surface area contributed by atoms with E-state index in [9.17, 15) is 0 Å². The van der Waals surface area contributed by atoms with Crippen molar-refractivity contribution in [3.8, 4) is 0 Å². The summed E-state index contributed by atoms with van der Waals surface area (Å²) in [5, 5.41) is 8.35. The second-order valence-electron chi connectivity index (χ2n) is 6.19. The Hall–Kier alpha value is -0.330. The van der Waals surface area contributed by atoms with Crippen molar-refractivity contribution in [2.24, 2.45) is 11.8 Å². The van der Waals surface area contributed by atoms with Crippen LogP contribution in [0.4, 0.5) is 0 Å². The normalized spacial score (nSPS) is 30.1. The summed E-state index contributed by atoms with van der Waals surface area (Å²) in [5.74, 6) is 1.52. The van der Waals surface area contributed by atoms with Crippen LogP contribution in [0.25, 0.3) is 0 Å². The highest BCUT2D eigenvalue weighted by atomic mass is 14.5. The zero-order chi connectivity index (χ0) is 11.9. The molecule has 0 bridgehead atoms. The van der Waals surface area contributed by atoms with E-state index in [2.05, 4.69) is 0 Å². The van der Waals surface area contributed by atoms with E-state index >= 15 is 0 Å². The van der Waals surface area contributed by atoms with Gasteiger partial charge >= 0.3 is 0 Å². The molecular weight excluding hydrogens is 206 g/mol. The fourth-order valence-corrected chi connectivity index (χ4v) is 3.80. The molecule has 1 nitrogen and oxygen atoms in total. The summed E-state index contributed by atoms with van der Waals surface area (Å²) in [6.07, 6.45) is 17.9. The molecule has 2 aliphatic carbocycles. The van der Waals surface area contributed by atoms with E-state index < -0.39 is 0 Å². The molecule has 0 aliphatic heterocycles. The summed E-state index contributed by atoms with van der Waals surface area (Å²) in [6, 6.07) is 0. The molecule has 0 aromatic rings. The Kier molecular flexibility index (Phi) is 5.54. The Morgan fingerprint density at radius 1 is 0.647 bits per heavy atom. The summed E-state index contributed by atoms with van der Waals surface area (Å²) in [5.41, 5.74) is 1.11. The van der Waals surface area contributed by atoms with E-state index in [1.165, 1.54) is 77.0 Å². The molecular formula is C16H29N. The molecule has 98 valence electrons. The van der Waals surface area contributed by atoms with E-state index in [4.69, 9.17) is 5.41 Å². The van der Waals surface area contributed by atoms with E-state index in [1.54, 1.807) is 0 Å². The van der Waals surface area contributed by atoms with Crippen LogP contribution in [0.5, 0.6) is 0 Å². The van der Waals surface area contributed by atoms with Gasteiger partial charge in [0.2, 0.25) is 0 Å². The van der Waals surface area contributed by atoms with E-state index in [0.717, 1.165) is 18.1 Å². The SMILES string of the molecule is N=C1CCCCCCC1C1CCCCCCC1. The molecule has 2 saturated carbocycles. The third-order valence-corrected chi connectivity index (χ3v) is 4.88. The maximum atomic E-state index is 8.35. The Morgan fingerprint density at radius 2 is 1.18 bits per heavy atom. The van der Waals surface area contributed by atoms with Crippen molar-refractivity contribution in [2.75, 3.05) is 0 Å². The molecule has 2 aliphatic rings. The number of hydrogen-bond donors (Lipinski definition) is 1. The summed E-state index contributed by atoms with van der Waals surface area (Å²) in [6.45, 7) is 0. The van der Waals surface area contributed by atoms with Crippen LogP contribution in [0, 0.1) is 17.2 Å². The summed E-state index contributed by atoms with van der Waals surface area (Å²) in [4.78, 5) is 0. The Labute approximate surface area is 107 Å².